The van der Waals surface area contributed by atoms with Gasteiger partial charge in [-0.15, -0.1) is 0 Å². The molecule has 0 aromatic heterocycles. The molecule has 1 heterocycles. The van der Waals surface area contributed by atoms with Gasteiger partial charge >= 0.3 is 0 Å². The van der Waals surface area contributed by atoms with E-state index < -0.39 is 0 Å². The van der Waals surface area contributed by atoms with Crippen molar-refractivity contribution in [3.05, 3.63) is 28.2 Å². The van der Waals surface area contributed by atoms with Gasteiger partial charge in [-0.3, -0.25) is 4.79 Å². The summed E-state index contributed by atoms with van der Waals surface area (Å²) in [7, 11) is 0. The second-order valence-electron chi connectivity index (χ2n) is 4.90. The van der Waals surface area contributed by atoms with E-state index in [1.165, 1.54) is 16.8 Å². The van der Waals surface area contributed by atoms with Gasteiger partial charge in [0, 0.05) is 0 Å². The average molecular weight is 387 g/mol. The number of carbonyl (C=O) groups is 1. The Hall–Kier alpha value is -0.920. The second kappa shape index (κ2) is 7.38. The Morgan fingerprint density at radius 1 is 1.57 bits per heavy atom. The zero-order valence-corrected chi connectivity index (χ0v) is 14.9. The number of hydrogen-bond donors (Lipinski definition) is 0. The molecule has 1 aromatic rings. The van der Waals surface area contributed by atoms with E-state index >= 15 is 0 Å². The number of rotatable bonds is 5. The molecule has 0 unspecified atom stereocenters. The molecule has 0 spiro atoms. The molecule has 1 aliphatic rings. The lowest BCUT2D eigenvalue weighted by atomic mass is 10.2. The van der Waals surface area contributed by atoms with Crippen LogP contribution in [0.1, 0.15) is 19.4 Å². The molecule has 0 N–H and O–H groups in total. The average Bonchev–Trinajstić information content (AvgIpc) is 2.74. The first-order valence-corrected chi connectivity index (χ1v) is 8.62. The Morgan fingerprint density at radius 3 is 2.90 bits per heavy atom. The Morgan fingerprint density at radius 2 is 2.33 bits per heavy atom. The first-order valence-electron chi connectivity index (χ1n) is 6.43. The van der Waals surface area contributed by atoms with Gasteiger partial charge < -0.3 is 4.74 Å². The lowest BCUT2D eigenvalue weighted by molar-refractivity contribution is -0.123. The maximum absolute atomic E-state index is 11.6. The van der Waals surface area contributed by atoms with Gasteiger partial charge in [0.15, 0.2) is 4.32 Å². The molecule has 21 heavy (non-hydrogen) atoms. The second-order valence-corrected chi connectivity index (χ2v) is 7.36. The van der Waals surface area contributed by atoms with Gasteiger partial charge in [0.05, 0.1) is 23.0 Å². The summed E-state index contributed by atoms with van der Waals surface area (Å²) in [6.07, 6.45) is 1.62. The normalized spacial score (nSPS) is 15.5. The number of halogens is 1. The first-order chi connectivity index (χ1) is 9.97. The van der Waals surface area contributed by atoms with Crippen LogP contribution in [-0.4, -0.2) is 33.8 Å². The van der Waals surface area contributed by atoms with Crippen LogP contribution >= 0.6 is 39.9 Å². The summed E-state index contributed by atoms with van der Waals surface area (Å²) in [4.78, 5) is 11.6. The zero-order valence-electron chi connectivity index (χ0n) is 11.7. The largest absolute Gasteiger partial charge is 0.492 e. The molecule has 2 rings (SSSR count). The molecule has 0 bridgehead atoms. The van der Waals surface area contributed by atoms with Gasteiger partial charge in [-0.25, -0.2) is 0 Å². The van der Waals surface area contributed by atoms with Gasteiger partial charge in [-0.05, 0) is 45.6 Å². The van der Waals surface area contributed by atoms with E-state index in [4.69, 9.17) is 17.0 Å². The lowest BCUT2D eigenvalue weighted by Crippen LogP contribution is -2.22. The molecule has 1 aliphatic heterocycles. The molecule has 1 aromatic carbocycles. The lowest BCUT2D eigenvalue weighted by Gasteiger charge is -2.11. The van der Waals surface area contributed by atoms with Crippen LogP contribution in [0, 0.1) is 5.92 Å². The number of thiocarbonyl (C=S) groups is 1. The number of ether oxygens (including phenoxy) is 1. The molecule has 1 saturated heterocycles. The van der Waals surface area contributed by atoms with Crippen LogP contribution in [0.2, 0.25) is 0 Å². The Kier molecular flexibility index (Phi) is 5.78. The van der Waals surface area contributed by atoms with Crippen molar-refractivity contribution in [1.29, 1.82) is 0 Å². The molecule has 112 valence electrons. The monoisotopic (exact) mass is 386 g/mol. The highest BCUT2D eigenvalue weighted by atomic mass is 79.9. The summed E-state index contributed by atoms with van der Waals surface area (Å²) in [6, 6.07) is 5.67. The fourth-order valence-electron chi connectivity index (χ4n) is 1.55. The minimum atomic E-state index is -0.0859. The van der Waals surface area contributed by atoms with Crippen LogP contribution in [0.25, 0.3) is 0 Å². The van der Waals surface area contributed by atoms with Crippen molar-refractivity contribution in [1.82, 2.24) is 5.01 Å². The predicted octanol–water partition coefficient (Wildman–Crippen LogP) is 3.68. The minimum absolute atomic E-state index is 0.0859. The van der Waals surface area contributed by atoms with Gasteiger partial charge in [0.25, 0.3) is 5.91 Å². The van der Waals surface area contributed by atoms with Crippen LogP contribution in [-0.2, 0) is 4.79 Å². The van der Waals surface area contributed by atoms with E-state index in [0.717, 1.165) is 15.8 Å². The van der Waals surface area contributed by atoms with E-state index in [1.807, 2.05) is 18.2 Å². The molecule has 4 nitrogen and oxygen atoms in total. The molecular weight excluding hydrogens is 372 g/mol. The molecule has 7 heteroatoms. The van der Waals surface area contributed by atoms with Crippen molar-refractivity contribution in [3.63, 3.8) is 0 Å². The van der Waals surface area contributed by atoms with Crippen LogP contribution in [0.4, 0.5) is 0 Å². The Balaban J connectivity index is 2.06. The molecule has 0 radical (unpaired) electrons. The summed E-state index contributed by atoms with van der Waals surface area (Å²) in [5.41, 5.74) is 0.867. The molecule has 0 saturated carbocycles. The Bertz CT molecular complexity index is 574. The van der Waals surface area contributed by atoms with E-state index in [1.54, 1.807) is 6.21 Å². The zero-order chi connectivity index (χ0) is 15.4. The van der Waals surface area contributed by atoms with Gasteiger partial charge in [0.2, 0.25) is 0 Å². The van der Waals surface area contributed by atoms with E-state index in [2.05, 4.69) is 34.9 Å². The van der Waals surface area contributed by atoms with Crippen molar-refractivity contribution >= 4 is 56.4 Å². The number of hydrogen-bond acceptors (Lipinski definition) is 5. The summed E-state index contributed by atoms with van der Waals surface area (Å²) >= 11 is 9.87. The third-order valence-corrected chi connectivity index (χ3v) is 4.54. The maximum Gasteiger partial charge on any atom is 0.259 e. The number of carbonyl (C=O) groups excluding carboxylic acids is 1. The quantitative estimate of drug-likeness (QED) is 0.571. The third-order valence-electron chi connectivity index (χ3n) is 2.58. The van der Waals surface area contributed by atoms with Crippen LogP contribution in [0.15, 0.2) is 27.8 Å². The van der Waals surface area contributed by atoms with Crippen molar-refractivity contribution in [2.24, 2.45) is 11.0 Å². The third kappa shape index (κ3) is 4.52. The number of nitrogens with zero attached hydrogens (tertiary/aromatic N) is 2. The smallest absolute Gasteiger partial charge is 0.259 e. The van der Waals surface area contributed by atoms with Gasteiger partial charge in [-0.1, -0.05) is 37.8 Å². The molecule has 1 fully saturated rings. The summed E-state index contributed by atoms with van der Waals surface area (Å²) in [6.45, 7) is 4.87. The molecule has 1 amide bonds. The van der Waals surface area contributed by atoms with Gasteiger partial charge in [0.1, 0.15) is 5.75 Å². The number of hydrazone groups is 1. The summed E-state index contributed by atoms with van der Waals surface area (Å²) in [5.74, 6) is 1.54. The number of thioether (sulfide) groups is 1. The maximum atomic E-state index is 11.6. The molecule has 0 atom stereocenters. The van der Waals surface area contributed by atoms with Crippen molar-refractivity contribution in [2.75, 3.05) is 12.4 Å². The first kappa shape index (κ1) is 16.5. The van der Waals surface area contributed by atoms with Gasteiger partial charge in [-0.2, -0.15) is 10.1 Å². The SMILES string of the molecule is CC(C)COc1ccc(/C=N\N2C(=O)CSC2=S)cc1Br. The van der Waals surface area contributed by atoms with Crippen molar-refractivity contribution in [3.8, 4) is 5.75 Å². The van der Waals surface area contributed by atoms with Crippen LogP contribution < -0.4 is 4.74 Å². The summed E-state index contributed by atoms with van der Waals surface area (Å²) < 4.78 is 7.04. The number of amides is 1. The van der Waals surface area contributed by atoms with E-state index in [0.29, 0.717) is 22.6 Å². The van der Waals surface area contributed by atoms with Crippen LogP contribution in [0.3, 0.4) is 0 Å². The van der Waals surface area contributed by atoms with E-state index in [9.17, 15) is 4.79 Å². The highest BCUT2D eigenvalue weighted by Crippen LogP contribution is 2.26. The van der Waals surface area contributed by atoms with Crippen LogP contribution in [0.5, 0.6) is 5.75 Å². The minimum Gasteiger partial charge on any atom is -0.492 e. The highest BCUT2D eigenvalue weighted by Gasteiger charge is 2.25. The van der Waals surface area contributed by atoms with E-state index in [-0.39, 0.29) is 5.91 Å². The van der Waals surface area contributed by atoms with Crippen molar-refractivity contribution in [2.45, 2.75) is 13.8 Å². The molecular formula is C14H15BrN2O2S2. The van der Waals surface area contributed by atoms with Crippen molar-refractivity contribution < 1.29 is 9.53 Å². The fourth-order valence-corrected chi connectivity index (χ4v) is 3.03. The summed E-state index contributed by atoms with van der Waals surface area (Å²) in [5, 5.41) is 5.40. The topological polar surface area (TPSA) is 41.9 Å². The predicted molar refractivity (Wildman–Crippen MR) is 94.0 cm³/mol. The Labute approximate surface area is 142 Å². The highest BCUT2D eigenvalue weighted by molar-refractivity contribution is 9.10. The number of benzene rings is 1. The molecule has 0 aliphatic carbocycles. The standard InChI is InChI=1S/C14H15BrN2O2S2/c1-9(2)7-19-12-4-3-10(5-11(12)15)6-16-17-13(18)8-21-14(17)20/h3-6,9H,7-8H2,1-2H3/b16-6-. The fraction of sp³-hybridized carbons (Fsp3) is 0.357.